The Kier molecular flexibility index (Phi) is 5.73. The highest BCUT2D eigenvalue weighted by Crippen LogP contribution is 2.19. The Labute approximate surface area is 190 Å². The van der Waals surface area contributed by atoms with Crippen LogP contribution in [0.1, 0.15) is 11.6 Å². The molecule has 9 heteroatoms. The third-order valence-corrected chi connectivity index (χ3v) is 6.03. The highest BCUT2D eigenvalue weighted by molar-refractivity contribution is 6.30. The van der Waals surface area contributed by atoms with Crippen molar-refractivity contribution < 1.29 is 4.52 Å². The molecule has 0 bridgehead atoms. The van der Waals surface area contributed by atoms with E-state index in [0.29, 0.717) is 35.3 Å². The van der Waals surface area contributed by atoms with Crippen LogP contribution in [0.4, 0.5) is 0 Å². The van der Waals surface area contributed by atoms with Crippen LogP contribution in [0.25, 0.3) is 22.2 Å². The monoisotopic (exact) mass is 450 g/mol. The zero-order valence-electron chi connectivity index (χ0n) is 17.7. The standard InChI is InChI=1S/C23H23ClN6O2/c1-16-19-4-2-3-5-20(19)23(31)30(26-16)15-29-12-10-28(11-13-29)14-21-25-22(27-32-21)17-6-8-18(24)9-7-17/h2-9H,10-15H2,1H3. The summed E-state index contributed by atoms with van der Waals surface area (Å²) in [4.78, 5) is 21.9. The first-order valence-electron chi connectivity index (χ1n) is 10.6. The zero-order valence-corrected chi connectivity index (χ0v) is 18.5. The Morgan fingerprint density at radius 3 is 2.41 bits per heavy atom. The zero-order chi connectivity index (χ0) is 22.1. The molecule has 1 fully saturated rings. The lowest BCUT2D eigenvalue weighted by atomic mass is 10.1. The van der Waals surface area contributed by atoms with Crippen LogP contribution in [0.2, 0.25) is 5.02 Å². The van der Waals surface area contributed by atoms with Crippen molar-refractivity contribution in [3.05, 3.63) is 75.5 Å². The third kappa shape index (κ3) is 4.29. The molecule has 1 aliphatic rings. The molecular weight excluding hydrogens is 428 g/mol. The molecule has 0 unspecified atom stereocenters. The molecule has 0 N–H and O–H groups in total. The fourth-order valence-corrected chi connectivity index (χ4v) is 4.13. The second-order valence-corrected chi connectivity index (χ2v) is 8.43. The van der Waals surface area contributed by atoms with Crippen molar-refractivity contribution in [1.82, 2.24) is 29.7 Å². The van der Waals surface area contributed by atoms with Gasteiger partial charge in [-0.3, -0.25) is 14.6 Å². The summed E-state index contributed by atoms with van der Waals surface area (Å²) in [6.07, 6.45) is 0. The van der Waals surface area contributed by atoms with Crippen molar-refractivity contribution in [2.75, 3.05) is 26.2 Å². The summed E-state index contributed by atoms with van der Waals surface area (Å²) in [5.41, 5.74) is 1.69. The minimum Gasteiger partial charge on any atom is -0.338 e. The quantitative estimate of drug-likeness (QED) is 0.462. The maximum absolute atomic E-state index is 12.8. The number of fused-ring (bicyclic) bond motifs is 1. The molecule has 1 aliphatic heterocycles. The largest absolute Gasteiger partial charge is 0.338 e. The van der Waals surface area contributed by atoms with Gasteiger partial charge in [-0.2, -0.15) is 10.1 Å². The molecule has 32 heavy (non-hydrogen) atoms. The number of benzene rings is 2. The van der Waals surface area contributed by atoms with Gasteiger partial charge in [0, 0.05) is 42.2 Å². The van der Waals surface area contributed by atoms with Gasteiger partial charge in [-0.1, -0.05) is 35.0 Å². The molecule has 0 aliphatic carbocycles. The summed E-state index contributed by atoms with van der Waals surface area (Å²) < 4.78 is 7.01. The summed E-state index contributed by atoms with van der Waals surface area (Å²) in [5.74, 6) is 1.15. The van der Waals surface area contributed by atoms with E-state index in [2.05, 4.69) is 25.0 Å². The Morgan fingerprint density at radius 1 is 0.969 bits per heavy atom. The van der Waals surface area contributed by atoms with Crippen molar-refractivity contribution in [3.8, 4) is 11.4 Å². The average molecular weight is 451 g/mol. The highest BCUT2D eigenvalue weighted by Gasteiger charge is 2.21. The Bertz CT molecular complexity index is 1290. The number of nitrogens with zero attached hydrogens (tertiary/aromatic N) is 6. The normalized spacial score (nSPS) is 15.4. The van der Waals surface area contributed by atoms with Gasteiger partial charge in [-0.25, -0.2) is 4.68 Å². The van der Waals surface area contributed by atoms with Crippen LogP contribution in [0.5, 0.6) is 0 Å². The molecule has 4 aromatic rings. The number of rotatable bonds is 5. The lowest BCUT2D eigenvalue weighted by molar-refractivity contribution is 0.0899. The molecule has 0 radical (unpaired) electrons. The van der Waals surface area contributed by atoms with Crippen molar-refractivity contribution in [1.29, 1.82) is 0 Å². The number of aryl methyl sites for hydroxylation is 1. The topological polar surface area (TPSA) is 80.3 Å². The van der Waals surface area contributed by atoms with Crippen molar-refractivity contribution in [2.24, 2.45) is 0 Å². The van der Waals surface area contributed by atoms with Gasteiger partial charge in [0.2, 0.25) is 11.7 Å². The van der Waals surface area contributed by atoms with Crippen LogP contribution >= 0.6 is 11.6 Å². The van der Waals surface area contributed by atoms with E-state index in [1.54, 1.807) is 4.68 Å². The summed E-state index contributed by atoms with van der Waals surface area (Å²) >= 11 is 5.94. The van der Waals surface area contributed by atoms with Gasteiger partial charge in [0.05, 0.1) is 24.3 Å². The number of hydrogen-bond donors (Lipinski definition) is 0. The molecule has 164 valence electrons. The summed E-state index contributed by atoms with van der Waals surface area (Å²) in [5, 5.41) is 10.9. The lowest BCUT2D eigenvalue weighted by Crippen LogP contribution is -2.47. The van der Waals surface area contributed by atoms with E-state index in [1.807, 2.05) is 55.5 Å². The average Bonchev–Trinajstić information content (AvgIpc) is 3.27. The minimum atomic E-state index is -0.0470. The Hall–Kier alpha value is -3.07. The van der Waals surface area contributed by atoms with Crippen LogP contribution < -0.4 is 5.56 Å². The third-order valence-electron chi connectivity index (χ3n) is 5.78. The van der Waals surface area contributed by atoms with E-state index < -0.39 is 0 Å². The highest BCUT2D eigenvalue weighted by atomic mass is 35.5. The van der Waals surface area contributed by atoms with E-state index in [0.717, 1.165) is 42.8 Å². The van der Waals surface area contributed by atoms with Crippen LogP contribution in [0.15, 0.2) is 57.8 Å². The first-order valence-corrected chi connectivity index (χ1v) is 10.9. The minimum absolute atomic E-state index is 0.0470. The predicted octanol–water partition coefficient (Wildman–Crippen LogP) is 3.18. The number of halogens is 1. The molecule has 0 atom stereocenters. The molecule has 2 aromatic carbocycles. The van der Waals surface area contributed by atoms with Crippen LogP contribution in [-0.4, -0.2) is 55.9 Å². The number of hydrogen-bond acceptors (Lipinski definition) is 7. The van der Waals surface area contributed by atoms with E-state index in [4.69, 9.17) is 16.1 Å². The molecule has 0 saturated carbocycles. The van der Waals surface area contributed by atoms with Gasteiger partial charge in [0.25, 0.3) is 5.56 Å². The van der Waals surface area contributed by atoms with Crippen LogP contribution in [0, 0.1) is 6.92 Å². The number of piperazine rings is 1. The first-order chi connectivity index (χ1) is 15.6. The fraction of sp³-hybridized carbons (Fsp3) is 0.304. The second kappa shape index (κ2) is 8.82. The molecule has 2 aromatic heterocycles. The first kappa shape index (κ1) is 20.8. The summed E-state index contributed by atoms with van der Waals surface area (Å²) in [7, 11) is 0. The summed E-state index contributed by atoms with van der Waals surface area (Å²) in [6.45, 7) is 6.39. The van der Waals surface area contributed by atoms with Gasteiger partial charge < -0.3 is 4.52 Å². The maximum Gasteiger partial charge on any atom is 0.275 e. The van der Waals surface area contributed by atoms with Crippen molar-refractivity contribution >= 4 is 22.4 Å². The number of aromatic nitrogens is 4. The van der Waals surface area contributed by atoms with E-state index in [9.17, 15) is 4.79 Å². The van der Waals surface area contributed by atoms with Crippen LogP contribution in [-0.2, 0) is 13.2 Å². The molecule has 1 saturated heterocycles. The molecule has 3 heterocycles. The second-order valence-electron chi connectivity index (χ2n) is 7.99. The molecular formula is C23H23ClN6O2. The van der Waals surface area contributed by atoms with E-state index in [-0.39, 0.29) is 5.56 Å². The fourth-order valence-electron chi connectivity index (χ4n) is 4.01. The SMILES string of the molecule is Cc1nn(CN2CCN(Cc3nc(-c4ccc(Cl)cc4)no3)CC2)c(=O)c2ccccc12. The maximum atomic E-state index is 12.8. The molecule has 0 spiro atoms. The van der Waals surface area contributed by atoms with Crippen molar-refractivity contribution in [3.63, 3.8) is 0 Å². The smallest absolute Gasteiger partial charge is 0.275 e. The van der Waals surface area contributed by atoms with Crippen LogP contribution in [0.3, 0.4) is 0 Å². The Balaban J connectivity index is 1.20. The Morgan fingerprint density at radius 2 is 1.66 bits per heavy atom. The molecule has 8 nitrogen and oxygen atoms in total. The van der Waals surface area contributed by atoms with Gasteiger partial charge in [-0.15, -0.1) is 0 Å². The summed E-state index contributed by atoms with van der Waals surface area (Å²) in [6, 6.07) is 15.0. The van der Waals surface area contributed by atoms with E-state index in [1.165, 1.54) is 0 Å². The van der Waals surface area contributed by atoms with Crippen molar-refractivity contribution in [2.45, 2.75) is 20.1 Å². The molecule has 0 amide bonds. The van der Waals surface area contributed by atoms with Gasteiger partial charge in [0.15, 0.2) is 0 Å². The van der Waals surface area contributed by atoms with Gasteiger partial charge in [0.1, 0.15) is 0 Å². The lowest BCUT2D eigenvalue weighted by Gasteiger charge is -2.33. The van der Waals surface area contributed by atoms with Gasteiger partial charge >= 0.3 is 0 Å². The predicted molar refractivity (Wildman–Crippen MR) is 122 cm³/mol. The van der Waals surface area contributed by atoms with E-state index >= 15 is 0 Å². The molecule has 5 rings (SSSR count). The van der Waals surface area contributed by atoms with Gasteiger partial charge in [-0.05, 0) is 37.3 Å².